The highest BCUT2D eigenvalue weighted by Gasteiger charge is 2.26. The zero-order chi connectivity index (χ0) is 10.7. The molecular weight excluding hydrogens is 185 g/mol. The van der Waals surface area contributed by atoms with E-state index in [1.807, 2.05) is 0 Å². The molecule has 0 atom stereocenters. The van der Waals surface area contributed by atoms with E-state index in [9.17, 15) is 9.30 Å². The van der Waals surface area contributed by atoms with Crippen LogP contribution in [0.4, 0.5) is 10.1 Å². The first-order valence-electron chi connectivity index (χ1n) is 4.03. The number of para-hydroxylation sites is 1. The lowest BCUT2D eigenvalue weighted by Crippen LogP contribution is -2.03. The van der Waals surface area contributed by atoms with E-state index in [2.05, 4.69) is 11.4 Å². The first kappa shape index (κ1) is 10.4. The van der Waals surface area contributed by atoms with Gasteiger partial charge in [-0.1, -0.05) is 12.6 Å². The maximum Gasteiger partial charge on any atom is 0.359 e. The van der Waals surface area contributed by atoms with Crippen molar-refractivity contribution in [2.45, 2.75) is 6.92 Å². The van der Waals surface area contributed by atoms with Crippen molar-refractivity contribution in [1.29, 1.82) is 0 Å². The Bertz CT molecular complexity index is 388. The van der Waals surface area contributed by atoms with Crippen LogP contribution in [0.2, 0.25) is 0 Å². The summed E-state index contributed by atoms with van der Waals surface area (Å²) >= 11 is 0. The van der Waals surface area contributed by atoms with Crippen LogP contribution in [0.15, 0.2) is 24.8 Å². The average molecular weight is 196 g/mol. The van der Waals surface area contributed by atoms with E-state index in [4.69, 9.17) is 0 Å². The zero-order valence-corrected chi connectivity index (χ0v) is 8.08. The Morgan fingerprint density at radius 2 is 2.21 bits per heavy atom. The Morgan fingerprint density at radius 3 is 2.71 bits per heavy atom. The number of hydrogen-bond acceptors (Lipinski definition) is 2. The first-order valence-corrected chi connectivity index (χ1v) is 4.03. The van der Waals surface area contributed by atoms with Crippen molar-refractivity contribution < 1.29 is 14.2 Å². The molecule has 74 valence electrons. The van der Waals surface area contributed by atoms with E-state index in [1.165, 1.54) is 19.2 Å². The summed E-state index contributed by atoms with van der Waals surface area (Å²) in [6.45, 7) is 5.35. The van der Waals surface area contributed by atoms with E-state index in [0.717, 1.165) is 0 Å². The second-order valence-electron chi connectivity index (χ2n) is 2.86. The van der Waals surface area contributed by atoms with Gasteiger partial charge in [0.1, 0.15) is 0 Å². The molecule has 0 spiro atoms. The highest BCUT2D eigenvalue weighted by atomic mass is 19.1. The van der Waals surface area contributed by atoms with Gasteiger partial charge in [-0.25, -0.2) is 4.84 Å². The van der Waals surface area contributed by atoms with Crippen LogP contribution in [-0.2, 0) is 4.84 Å². The Kier molecular flexibility index (Phi) is 2.96. The van der Waals surface area contributed by atoms with Gasteiger partial charge in [0.2, 0.25) is 5.82 Å². The minimum Gasteiger partial charge on any atom is -0.230 e. The van der Waals surface area contributed by atoms with Gasteiger partial charge in [0.25, 0.3) is 4.92 Å². The van der Waals surface area contributed by atoms with Crippen LogP contribution in [0.3, 0.4) is 0 Å². The van der Waals surface area contributed by atoms with Crippen LogP contribution in [0.5, 0.6) is 0 Å². The Hall–Kier alpha value is -1.71. The number of hydrogen-bond donors (Lipinski definition) is 0. The SMILES string of the molecule is C=C(C)c1cccc(F)c1[N+](=O)OC. The molecule has 1 rings (SSSR count). The molecule has 0 radical (unpaired) electrons. The van der Waals surface area contributed by atoms with Gasteiger partial charge in [-0.05, 0) is 24.6 Å². The van der Waals surface area contributed by atoms with Crippen molar-refractivity contribution in [2.24, 2.45) is 0 Å². The summed E-state index contributed by atoms with van der Waals surface area (Å²) in [5.74, 6) is -0.623. The third-order valence-corrected chi connectivity index (χ3v) is 1.79. The van der Waals surface area contributed by atoms with Gasteiger partial charge in [-0.15, -0.1) is 0 Å². The minimum atomic E-state index is -0.623. The fraction of sp³-hybridized carbons (Fsp3) is 0.200. The summed E-state index contributed by atoms with van der Waals surface area (Å²) in [4.78, 5) is 15.7. The highest BCUT2D eigenvalue weighted by Crippen LogP contribution is 2.27. The Balaban J connectivity index is 3.36. The normalized spacial score (nSPS) is 9.64. The predicted molar refractivity (Wildman–Crippen MR) is 51.4 cm³/mol. The van der Waals surface area contributed by atoms with Crippen LogP contribution in [0.1, 0.15) is 12.5 Å². The van der Waals surface area contributed by atoms with Gasteiger partial charge in [-0.2, -0.15) is 4.39 Å². The molecule has 0 aromatic heterocycles. The van der Waals surface area contributed by atoms with Gasteiger partial charge in [0, 0.05) is 0 Å². The maximum atomic E-state index is 13.3. The molecular formula is C10H11FNO2+. The molecule has 14 heavy (non-hydrogen) atoms. The second-order valence-corrected chi connectivity index (χ2v) is 2.86. The lowest BCUT2D eigenvalue weighted by atomic mass is 10.1. The van der Waals surface area contributed by atoms with E-state index in [-0.39, 0.29) is 10.6 Å². The topological polar surface area (TPSA) is 29.3 Å². The molecule has 3 nitrogen and oxygen atoms in total. The lowest BCUT2D eigenvalue weighted by molar-refractivity contribution is -0.737. The molecule has 0 heterocycles. The standard InChI is InChI=1S/C10H11FNO2/c1-7(2)8-5-4-6-9(11)10(8)12(13)14-3/h4-6H,1H2,2-3H3/q+1. The first-order chi connectivity index (χ1) is 6.57. The third kappa shape index (κ3) is 1.79. The Labute approximate surface area is 81.3 Å². The summed E-state index contributed by atoms with van der Waals surface area (Å²) in [5, 5.41) is 0. The molecule has 0 amide bonds. The van der Waals surface area contributed by atoms with Crippen molar-refractivity contribution in [3.63, 3.8) is 0 Å². The summed E-state index contributed by atoms with van der Waals surface area (Å²) in [5.41, 5.74) is 0.918. The van der Waals surface area contributed by atoms with Gasteiger partial charge in [0.05, 0.1) is 10.5 Å². The van der Waals surface area contributed by atoms with Crippen molar-refractivity contribution >= 4 is 11.3 Å². The molecule has 0 bridgehead atoms. The molecule has 1 aromatic rings. The summed E-state index contributed by atoms with van der Waals surface area (Å²) < 4.78 is 13.3. The van der Waals surface area contributed by atoms with Crippen LogP contribution in [-0.4, -0.2) is 12.0 Å². The average Bonchev–Trinajstić information content (AvgIpc) is 2.16. The number of allylic oxidation sites excluding steroid dienone is 1. The van der Waals surface area contributed by atoms with E-state index in [1.54, 1.807) is 13.0 Å². The number of rotatable bonds is 3. The predicted octanol–water partition coefficient (Wildman–Crippen LogP) is 2.83. The third-order valence-electron chi connectivity index (χ3n) is 1.79. The fourth-order valence-corrected chi connectivity index (χ4v) is 1.14. The van der Waals surface area contributed by atoms with E-state index in [0.29, 0.717) is 11.1 Å². The molecule has 0 saturated heterocycles. The van der Waals surface area contributed by atoms with Crippen LogP contribution in [0.25, 0.3) is 5.57 Å². The lowest BCUT2D eigenvalue weighted by Gasteiger charge is -1.99. The van der Waals surface area contributed by atoms with Crippen LogP contribution >= 0.6 is 0 Å². The molecule has 0 aliphatic carbocycles. The molecule has 0 unspecified atom stereocenters. The molecule has 4 heteroatoms. The molecule has 0 aliphatic rings. The quantitative estimate of drug-likeness (QED) is 0.695. The van der Waals surface area contributed by atoms with Crippen molar-refractivity contribution in [1.82, 2.24) is 0 Å². The molecule has 0 aliphatic heterocycles. The smallest absolute Gasteiger partial charge is 0.230 e. The minimum absolute atomic E-state index is 0.137. The van der Waals surface area contributed by atoms with Gasteiger partial charge < -0.3 is 0 Å². The molecule has 0 fully saturated rings. The molecule has 0 N–H and O–H groups in total. The van der Waals surface area contributed by atoms with Gasteiger partial charge in [0.15, 0.2) is 7.11 Å². The fourth-order valence-electron chi connectivity index (χ4n) is 1.14. The summed E-state index contributed by atoms with van der Waals surface area (Å²) in [7, 11) is 1.18. The number of halogens is 1. The van der Waals surface area contributed by atoms with Crippen molar-refractivity contribution in [2.75, 3.05) is 7.11 Å². The Morgan fingerprint density at radius 1 is 1.57 bits per heavy atom. The second kappa shape index (κ2) is 4.00. The van der Waals surface area contributed by atoms with Gasteiger partial charge in [-0.3, -0.25) is 0 Å². The van der Waals surface area contributed by atoms with Crippen molar-refractivity contribution in [3.05, 3.63) is 41.1 Å². The monoisotopic (exact) mass is 196 g/mol. The maximum absolute atomic E-state index is 13.3. The number of nitrogens with zero attached hydrogens (tertiary/aromatic N) is 1. The van der Waals surface area contributed by atoms with Gasteiger partial charge >= 0.3 is 5.69 Å². The van der Waals surface area contributed by atoms with E-state index < -0.39 is 5.82 Å². The number of benzene rings is 1. The molecule has 0 saturated carbocycles. The summed E-state index contributed by atoms with van der Waals surface area (Å²) in [6.07, 6.45) is 0. The summed E-state index contributed by atoms with van der Waals surface area (Å²) in [6, 6.07) is 4.34. The molecule has 1 aromatic carbocycles. The highest BCUT2D eigenvalue weighted by molar-refractivity contribution is 5.69. The van der Waals surface area contributed by atoms with Crippen LogP contribution in [0, 0.1) is 10.7 Å². The largest absolute Gasteiger partial charge is 0.359 e. The van der Waals surface area contributed by atoms with Crippen LogP contribution < -0.4 is 0 Å². The van der Waals surface area contributed by atoms with Crippen molar-refractivity contribution in [3.8, 4) is 0 Å². The van der Waals surface area contributed by atoms with E-state index >= 15 is 0 Å². The zero-order valence-electron chi connectivity index (χ0n) is 8.08.